The average Bonchev–Trinajstić information content (AvgIpc) is 3.18. The van der Waals surface area contributed by atoms with Crippen molar-refractivity contribution in [3.8, 4) is 0 Å². The Morgan fingerprint density at radius 1 is 1.21 bits per heavy atom. The summed E-state index contributed by atoms with van der Waals surface area (Å²) in [6.07, 6.45) is 0.543. The van der Waals surface area contributed by atoms with E-state index >= 15 is 0 Å². The molecule has 0 unspecified atom stereocenters. The topological polar surface area (TPSA) is 73.5 Å². The number of amides is 1. The lowest BCUT2D eigenvalue weighted by Gasteiger charge is -2.22. The summed E-state index contributed by atoms with van der Waals surface area (Å²) in [4.78, 5) is 40.5. The second-order valence-corrected chi connectivity index (χ2v) is 7.70. The van der Waals surface area contributed by atoms with Crippen LogP contribution in [0.2, 0.25) is 0 Å². The summed E-state index contributed by atoms with van der Waals surface area (Å²) in [6.45, 7) is 4.93. The number of aryl methyl sites for hydroxylation is 1. The molecule has 0 aliphatic rings. The second kappa shape index (κ2) is 9.19. The number of hydrogen-bond donors (Lipinski definition) is 0. The van der Waals surface area contributed by atoms with Crippen molar-refractivity contribution in [3.05, 3.63) is 62.1 Å². The van der Waals surface area contributed by atoms with E-state index in [0.717, 1.165) is 11.3 Å². The van der Waals surface area contributed by atoms with E-state index in [1.54, 1.807) is 23.5 Å². The number of aromatic nitrogens is 2. The Bertz CT molecular complexity index is 1130. The number of ether oxygens (including phenoxy) is 1. The fraction of sp³-hybridized carbons (Fsp3) is 0.381. The van der Waals surface area contributed by atoms with Crippen LogP contribution in [0.4, 0.5) is 5.69 Å². The highest BCUT2D eigenvalue weighted by atomic mass is 32.1. The zero-order valence-electron chi connectivity index (χ0n) is 16.9. The number of hydrogen-bond acceptors (Lipinski definition) is 5. The first kappa shape index (κ1) is 21.0. The highest BCUT2D eigenvalue weighted by Crippen LogP contribution is 2.18. The van der Waals surface area contributed by atoms with Crippen molar-refractivity contribution in [1.29, 1.82) is 0 Å². The second-order valence-electron chi connectivity index (χ2n) is 6.78. The number of carbonyl (C=O) groups excluding carboxylic acids is 1. The van der Waals surface area contributed by atoms with Crippen LogP contribution in [-0.2, 0) is 22.6 Å². The Morgan fingerprint density at radius 3 is 2.69 bits per heavy atom. The van der Waals surface area contributed by atoms with E-state index in [-0.39, 0.29) is 24.6 Å². The molecule has 0 fully saturated rings. The number of thiophene rings is 1. The van der Waals surface area contributed by atoms with E-state index in [0.29, 0.717) is 29.8 Å². The van der Waals surface area contributed by atoms with E-state index < -0.39 is 5.69 Å². The van der Waals surface area contributed by atoms with E-state index in [4.69, 9.17) is 4.74 Å². The summed E-state index contributed by atoms with van der Waals surface area (Å²) in [5.41, 5.74) is 1.57. The standard InChI is InChI=1S/C21H25N3O4S/c1-4-22(16-8-5-7-15(2)13-16)18(25)14-24-17-9-12-29-19(17)20(26)23(21(24)27)10-6-11-28-3/h5,7-9,12-13H,4,6,10-11,14H2,1-3H3. The van der Waals surface area contributed by atoms with Crippen LogP contribution in [0.15, 0.2) is 45.3 Å². The highest BCUT2D eigenvalue weighted by molar-refractivity contribution is 7.17. The van der Waals surface area contributed by atoms with Crippen molar-refractivity contribution in [2.75, 3.05) is 25.2 Å². The predicted molar refractivity (Wildman–Crippen MR) is 116 cm³/mol. The molecule has 0 radical (unpaired) electrons. The Labute approximate surface area is 172 Å². The molecular weight excluding hydrogens is 390 g/mol. The summed E-state index contributed by atoms with van der Waals surface area (Å²) in [7, 11) is 1.58. The first-order chi connectivity index (χ1) is 14.0. The van der Waals surface area contributed by atoms with Gasteiger partial charge in [-0.05, 0) is 49.4 Å². The van der Waals surface area contributed by atoms with Crippen molar-refractivity contribution in [2.45, 2.75) is 33.4 Å². The number of likely N-dealkylation sites (N-methyl/N-ethyl adjacent to an activating group) is 1. The van der Waals surface area contributed by atoms with Crippen LogP contribution in [0, 0.1) is 6.92 Å². The lowest BCUT2D eigenvalue weighted by atomic mass is 10.2. The molecule has 3 rings (SSSR count). The zero-order valence-corrected chi connectivity index (χ0v) is 17.7. The number of nitrogens with zero attached hydrogens (tertiary/aromatic N) is 3. The molecule has 0 saturated carbocycles. The zero-order chi connectivity index (χ0) is 21.0. The van der Waals surface area contributed by atoms with Crippen molar-refractivity contribution in [1.82, 2.24) is 9.13 Å². The monoisotopic (exact) mass is 415 g/mol. The van der Waals surface area contributed by atoms with Gasteiger partial charge in [0.1, 0.15) is 11.2 Å². The van der Waals surface area contributed by atoms with Crippen molar-refractivity contribution in [3.63, 3.8) is 0 Å². The van der Waals surface area contributed by atoms with Crippen LogP contribution >= 0.6 is 11.3 Å². The summed E-state index contributed by atoms with van der Waals surface area (Å²) in [6, 6.07) is 9.41. The van der Waals surface area contributed by atoms with Crippen LogP contribution in [0.5, 0.6) is 0 Å². The van der Waals surface area contributed by atoms with Crippen LogP contribution in [0.3, 0.4) is 0 Å². The normalized spacial score (nSPS) is 11.1. The van der Waals surface area contributed by atoms with Crippen LogP contribution < -0.4 is 16.1 Å². The van der Waals surface area contributed by atoms with Crippen LogP contribution in [-0.4, -0.2) is 35.3 Å². The van der Waals surface area contributed by atoms with Gasteiger partial charge in [-0.1, -0.05) is 12.1 Å². The van der Waals surface area contributed by atoms with Crippen molar-refractivity contribution >= 4 is 33.1 Å². The summed E-state index contributed by atoms with van der Waals surface area (Å²) in [5, 5.41) is 1.77. The number of benzene rings is 1. The number of carbonyl (C=O) groups is 1. The molecule has 0 atom stereocenters. The number of anilines is 1. The fourth-order valence-electron chi connectivity index (χ4n) is 3.37. The van der Waals surface area contributed by atoms with E-state index in [1.807, 2.05) is 38.1 Å². The minimum Gasteiger partial charge on any atom is -0.385 e. The van der Waals surface area contributed by atoms with Crippen molar-refractivity contribution in [2.24, 2.45) is 0 Å². The van der Waals surface area contributed by atoms with Gasteiger partial charge in [0.2, 0.25) is 5.91 Å². The number of rotatable bonds is 8. The maximum Gasteiger partial charge on any atom is 0.332 e. The Hall–Kier alpha value is -2.71. The molecule has 29 heavy (non-hydrogen) atoms. The van der Waals surface area contributed by atoms with Gasteiger partial charge >= 0.3 is 5.69 Å². The van der Waals surface area contributed by atoms with E-state index in [9.17, 15) is 14.4 Å². The fourth-order valence-corrected chi connectivity index (χ4v) is 4.21. The molecule has 1 amide bonds. The van der Waals surface area contributed by atoms with Crippen molar-refractivity contribution < 1.29 is 9.53 Å². The smallest absolute Gasteiger partial charge is 0.332 e. The molecule has 3 aromatic rings. The molecule has 1 aromatic carbocycles. The van der Waals surface area contributed by atoms with Gasteiger partial charge in [0.05, 0.1) is 5.52 Å². The molecule has 0 aliphatic heterocycles. The van der Waals surface area contributed by atoms with Gasteiger partial charge in [0, 0.05) is 32.5 Å². The van der Waals surface area contributed by atoms with Gasteiger partial charge in [-0.3, -0.25) is 18.7 Å². The lowest BCUT2D eigenvalue weighted by molar-refractivity contribution is -0.119. The first-order valence-electron chi connectivity index (χ1n) is 9.54. The van der Waals surface area contributed by atoms with E-state index in [2.05, 4.69) is 0 Å². The van der Waals surface area contributed by atoms with Gasteiger partial charge in [0.25, 0.3) is 5.56 Å². The first-order valence-corrected chi connectivity index (χ1v) is 10.4. The maximum atomic E-state index is 13.1. The third-order valence-electron chi connectivity index (χ3n) is 4.79. The van der Waals surface area contributed by atoms with Crippen LogP contribution in [0.1, 0.15) is 18.9 Å². The summed E-state index contributed by atoms with van der Waals surface area (Å²) in [5.74, 6) is -0.199. The largest absolute Gasteiger partial charge is 0.385 e. The molecule has 0 spiro atoms. The maximum absolute atomic E-state index is 13.1. The average molecular weight is 416 g/mol. The van der Waals surface area contributed by atoms with Crippen LogP contribution in [0.25, 0.3) is 10.2 Å². The summed E-state index contributed by atoms with van der Waals surface area (Å²) < 4.78 is 8.12. The summed E-state index contributed by atoms with van der Waals surface area (Å²) >= 11 is 1.28. The van der Waals surface area contributed by atoms with E-state index in [1.165, 1.54) is 20.5 Å². The molecule has 0 aliphatic carbocycles. The van der Waals surface area contributed by atoms with Gasteiger partial charge in [0.15, 0.2) is 0 Å². The minimum atomic E-state index is -0.467. The Balaban J connectivity index is 2.00. The molecular formula is C21H25N3O4S. The molecule has 7 nitrogen and oxygen atoms in total. The van der Waals surface area contributed by atoms with Gasteiger partial charge in [-0.15, -0.1) is 11.3 Å². The molecule has 0 bridgehead atoms. The lowest BCUT2D eigenvalue weighted by Crippen LogP contribution is -2.43. The minimum absolute atomic E-state index is 0.127. The highest BCUT2D eigenvalue weighted by Gasteiger charge is 2.20. The third-order valence-corrected chi connectivity index (χ3v) is 5.68. The molecule has 154 valence electrons. The van der Waals surface area contributed by atoms with Gasteiger partial charge < -0.3 is 9.64 Å². The number of methoxy groups -OCH3 is 1. The van der Waals surface area contributed by atoms with Gasteiger partial charge in [-0.2, -0.15) is 0 Å². The molecule has 2 aromatic heterocycles. The molecule has 8 heteroatoms. The molecule has 0 saturated heterocycles. The number of fused-ring (bicyclic) bond motifs is 1. The predicted octanol–water partition coefficient (Wildman–Crippen LogP) is 2.62. The quantitative estimate of drug-likeness (QED) is 0.530. The Morgan fingerprint density at radius 2 is 2.00 bits per heavy atom. The molecule has 0 N–H and O–H groups in total. The SMILES string of the molecule is CCN(C(=O)Cn1c(=O)n(CCCOC)c(=O)c2sccc21)c1cccc(C)c1. The Kier molecular flexibility index (Phi) is 6.66. The third kappa shape index (κ3) is 4.33. The molecule has 2 heterocycles. The van der Waals surface area contributed by atoms with Gasteiger partial charge in [-0.25, -0.2) is 4.79 Å².